The molecular formula is C38H50N4P2. The van der Waals surface area contributed by atoms with Crippen molar-refractivity contribution in [3.05, 3.63) is 83.9 Å². The van der Waals surface area contributed by atoms with E-state index in [1.807, 2.05) is 0 Å². The standard InChI is InChI=1S/C38H50N4P2/c43-24-35-30-16-26-15-27(17-30)21-38(35,20-26)34-19-33(29-9-5-2-6-10-29)32(28-7-3-1-4-8-28)18-31(34)25-44(36-22-39-11-13-41-36)37-23-40-12-14-42-37/h1-10,18-19,26-27,30,35-37,39-42H,11-17,20-25,43H2. The van der Waals surface area contributed by atoms with Crippen LogP contribution in [0.15, 0.2) is 72.8 Å². The van der Waals surface area contributed by atoms with Crippen molar-refractivity contribution in [1.29, 1.82) is 0 Å². The molecule has 6 unspecified atom stereocenters. The normalized spacial score (nSPS) is 33.8. The van der Waals surface area contributed by atoms with Crippen LogP contribution in [0, 0.1) is 23.7 Å². The summed E-state index contributed by atoms with van der Waals surface area (Å²) in [5, 5.41) is 15.5. The van der Waals surface area contributed by atoms with E-state index in [0.717, 1.165) is 62.9 Å². The molecule has 4 N–H and O–H groups in total. The summed E-state index contributed by atoms with van der Waals surface area (Å²) in [4.78, 5) is 0. The van der Waals surface area contributed by atoms with Crippen LogP contribution in [0.1, 0.15) is 43.2 Å². The Bertz CT molecular complexity index is 1390. The molecule has 6 aliphatic rings. The minimum atomic E-state index is -0.347. The summed E-state index contributed by atoms with van der Waals surface area (Å²) >= 11 is 0. The Morgan fingerprint density at radius 1 is 0.705 bits per heavy atom. The molecule has 2 heterocycles. The van der Waals surface area contributed by atoms with Crippen LogP contribution >= 0.6 is 17.2 Å². The van der Waals surface area contributed by atoms with Gasteiger partial charge in [0, 0.05) is 50.8 Å². The monoisotopic (exact) mass is 624 g/mol. The molecule has 6 fully saturated rings. The van der Waals surface area contributed by atoms with E-state index in [2.05, 4.69) is 103 Å². The Kier molecular flexibility index (Phi) is 8.70. The number of hydrogen-bond donors (Lipinski definition) is 4. The summed E-state index contributed by atoms with van der Waals surface area (Å²) in [5.41, 5.74) is 9.20. The van der Waals surface area contributed by atoms with E-state index >= 15 is 0 Å². The van der Waals surface area contributed by atoms with Gasteiger partial charge >= 0.3 is 0 Å². The number of nitrogens with one attached hydrogen (secondary N) is 4. The molecule has 4 saturated carbocycles. The maximum Gasteiger partial charge on any atom is 0.0413 e. The lowest BCUT2D eigenvalue weighted by Gasteiger charge is -2.62. The molecule has 6 heteroatoms. The maximum absolute atomic E-state index is 3.99. The molecule has 0 aromatic heterocycles. The van der Waals surface area contributed by atoms with Gasteiger partial charge in [0.05, 0.1) is 0 Å². The number of rotatable bonds is 8. The van der Waals surface area contributed by atoms with Gasteiger partial charge in [-0.05, 0) is 119 Å². The molecule has 6 atom stereocenters. The fourth-order valence-corrected chi connectivity index (χ4v) is 14.1. The smallest absolute Gasteiger partial charge is 0.0413 e. The van der Waals surface area contributed by atoms with Gasteiger partial charge in [-0.1, -0.05) is 68.6 Å². The number of piperazine rings is 2. The Hall–Kier alpha value is -1.64. The molecule has 0 spiro atoms. The predicted octanol–water partition coefficient (Wildman–Crippen LogP) is 6.61. The third-order valence-corrected chi connectivity index (χ3v) is 15.5. The molecule has 4 aliphatic carbocycles. The lowest BCUT2D eigenvalue weighted by atomic mass is 9.43. The molecule has 4 nitrogen and oxygen atoms in total. The minimum Gasteiger partial charge on any atom is -0.314 e. The Balaban J connectivity index is 1.32. The highest BCUT2D eigenvalue weighted by atomic mass is 31.1. The van der Waals surface area contributed by atoms with Gasteiger partial charge in [0.15, 0.2) is 0 Å². The van der Waals surface area contributed by atoms with Gasteiger partial charge in [-0.15, -0.1) is 9.24 Å². The topological polar surface area (TPSA) is 48.1 Å². The highest BCUT2D eigenvalue weighted by Gasteiger charge is 2.57. The number of benzene rings is 3. The van der Waals surface area contributed by atoms with E-state index in [1.165, 1.54) is 66.7 Å². The van der Waals surface area contributed by atoms with Crippen molar-refractivity contribution in [3.8, 4) is 22.3 Å². The largest absolute Gasteiger partial charge is 0.314 e. The van der Waals surface area contributed by atoms with Crippen molar-refractivity contribution in [2.75, 3.05) is 45.4 Å². The van der Waals surface area contributed by atoms with E-state index in [9.17, 15) is 0 Å². The first kappa shape index (κ1) is 29.7. The SMILES string of the molecule is PCC1C2CC3CC(C2)CC1(c1cc(-c2ccccc2)c(-c2ccccc2)cc1CP(C1CNCCN1)C1CNCCN1)C3. The lowest BCUT2D eigenvalue weighted by Crippen LogP contribution is -2.56. The molecule has 3 aromatic rings. The van der Waals surface area contributed by atoms with Crippen molar-refractivity contribution >= 4 is 17.2 Å². The van der Waals surface area contributed by atoms with Gasteiger partial charge in [-0.25, -0.2) is 0 Å². The van der Waals surface area contributed by atoms with E-state index in [4.69, 9.17) is 0 Å². The van der Waals surface area contributed by atoms with E-state index in [0.29, 0.717) is 17.0 Å². The zero-order valence-corrected chi connectivity index (χ0v) is 28.2. The summed E-state index contributed by atoms with van der Waals surface area (Å²) < 4.78 is 0. The summed E-state index contributed by atoms with van der Waals surface area (Å²) in [7, 11) is 2.88. The molecule has 0 amide bonds. The van der Waals surface area contributed by atoms with Crippen LogP contribution in [0.4, 0.5) is 0 Å². The summed E-state index contributed by atoms with van der Waals surface area (Å²) in [6, 6.07) is 27.9. The van der Waals surface area contributed by atoms with Crippen LogP contribution in [-0.4, -0.2) is 57.0 Å². The molecule has 2 saturated heterocycles. The van der Waals surface area contributed by atoms with E-state index < -0.39 is 0 Å². The second kappa shape index (κ2) is 12.9. The summed E-state index contributed by atoms with van der Waals surface area (Å²) in [6.07, 6.45) is 9.65. The van der Waals surface area contributed by atoms with Gasteiger partial charge < -0.3 is 21.3 Å². The molecule has 0 radical (unpaired) electrons. The molecule has 44 heavy (non-hydrogen) atoms. The third-order valence-electron chi connectivity index (χ3n) is 11.9. The van der Waals surface area contributed by atoms with E-state index in [-0.39, 0.29) is 7.92 Å². The summed E-state index contributed by atoms with van der Waals surface area (Å²) in [5.74, 6) is 4.57. The lowest BCUT2D eigenvalue weighted by molar-refractivity contribution is -0.0520. The minimum absolute atomic E-state index is 0.308. The fraction of sp³-hybridized carbons (Fsp3) is 0.526. The van der Waals surface area contributed by atoms with Crippen LogP contribution < -0.4 is 21.3 Å². The van der Waals surface area contributed by atoms with Crippen molar-refractivity contribution < 1.29 is 0 Å². The van der Waals surface area contributed by atoms with Crippen LogP contribution in [0.3, 0.4) is 0 Å². The highest BCUT2D eigenvalue weighted by Crippen LogP contribution is 2.65. The molecule has 232 valence electrons. The number of hydrogen-bond acceptors (Lipinski definition) is 4. The predicted molar refractivity (Wildman–Crippen MR) is 191 cm³/mol. The van der Waals surface area contributed by atoms with Crippen LogP contribution in [0.2, 0.25) is 0 Å². The molecule has 2 aliphatic heterocycles. The molecule has 9 rings (SSSR count). The second-order valence-corrected chi connectivity index (χ2v) is 17.5. The molecular weight excluding hydrogens is 574 g/mol. The Labute approximate surface area is 268 Å². The van der Waals surface area contributed by atoms with Crippen molar-refractivity contribution in [1.82, 2.24) is 21.3 Å². The van der Waals surface area contributed by atoms with Gasteiger partial charge in [0.2, 0.25) is 0 Å². The van der Waals surface area contributed by atoms with Gasteiger partial charge in [0.25, 0.3) is 0 Å². The average molecular weight is 625 g/mol. The maximum atomic E-state index is 3.99. The highest BCUT2D eigenvalue weighted by molar-refractivity contribution is 7.58. The fourth-order valence-electron chi connectivity index (χ4n) is 10.3. The first-order chi connectivity index (χ1) is 21.7. The molecule has 4 bridgehead atoms. The third kappa shape index (κ3) is 5.53. The van der Waals surface area contributed by atoms with Crippen LogP contribution in [0.5, 0.6) is 0 Å². The van der Waals surface area contributed by atoms with E-state index in [1.54, 1.807) is 11.1 Å². The Morgan fingerprint density at radius 3 is 1.80 bits per heavy atom. The van der Waals surface area contributed by atoms with Crippen molar-refractivity contribution in [3.63, 3.8) is 0 Å². The average Bonchev–Trinajstić information content (AvgIpc) is 3.08. The van der Waals surface area contributed by atoms with Crippen molar-refractivity contribution in [2.24, 2.45) is 23.7 Å². The zero-order chi connectivity index (χ0) is 29.5. The Morgan fingerprint density at radius 2 is 1.27 bits per heavy atom. The van der Waals surface area contributed by atoms with Crippen LogP contribution in [0.25, 0.3) is 22.3 Å². The zero-order valence-electron chi connectivity index (χ0n) is 26.1. The summed E-state index contributed by atoms with van der Waals surface area (Å²) in [6.45, 7) is 6.46. The van der Waals surface area contributed by atoms with Crippen LogP contribution in [-0.2, 0) is 11.6 Å². The molecule has 3 aromatic carbocycles. The second-order valence-electron chi connectivity index (χ2n) is 14.4. The van der Waals surface area contributed by atoms with Gasteiger partial charge in [-0.3, -0.25) is 0 Å². The van der Waals surface area contributed by atoms with Gasteiger partial charge in [0.1, 0.15) is 0 Å². The quantitative estimate of drug-likeness (QED) is 0.213. The van der Waals surface area contributed by atoms with Crippen molar-refractivity contribution in [2.45, 2.75) is 55.2 Å². The first-order valence-corrected chi connectivity index (χ1v) is 19.8. The van der Waals surface area contributed by atoms with Gasteiger partial charge in [-0.2, -0.15) is 0 Å². The first-order valence-electron chi connectivity index (χ1n) is 17.3.